The minimum absolute atomic E-state index is 0.189. The number of methoxy groups -OCH3 is 1. The van der Waals surface area contributed by atoms with Crippen molar-refractivity contribution >= 4 is 21.7 Å². The maximum atomic E-state index is 12.3. The number of carbonyl (C=O) groups is 1. The highest BCUT2D eigenvalue weighted by molar-refractivity contribution is 9.10. The van der Waals surface area contributed by atoms with Crippen molar-refractivity contribution in [2.75, 3.05) is 7.11 Å². The largest absolute Gasteiger partial charge is 0.496 e. The van der Waals surface area contributed by atoms with Gasteiger partial charge in [0.25, 0.3) is 0 Å². The molecule has 110 valence electrons. The molecule has 0 fully saturated rings. The Morgan fingerprint density at radius 1 is 1.05 bits per heavy atom. The highest BCUT2D eigenvalue weighted by Crippen LogP contribution is 2.24. The van der Waals surface area contributed by atoms with Gasteiger partial charge in [-0.25, -0.2) is 0 Å². The number of rotatable bonds is 5. The Morgan fingerprint density at radius 3 is 2.48 bits per heavy atom. The monoisotopic (exact) mass is 346 g/mol. The maximum Gasteiger partial charge on any atom is 0.141 e. The van der Waals surface area contributed by atoms with Crippen molar-refractivity contribution < 1.29 is 9.53 Å². The number of carbonyl (C=O) groups excluding carboxylic acids is 1. The first-order chi connectivity index (χ1) is 9.99. The zero-order valence-corrected chi connectivity index (χ0v) is 14.2. The summed E-state index contributed by atoms with van der Waals surface area (Å²) in [5.41, 5.74) is 4.46. The molecular weight excluding hydrogens is 328 g/mol. The summed E-state index contributed by atoms with van der Waals surface area (Å²) in [5.74, 6) is 0.946. The molecule has 0 aromatic heterocycles. The first kappa shape index (κ1) is 15.8. The van der Waals surface area contributed by atoms with Crippen LogP contribution in [0.25, 0.3) is 0 Å². The van der Waals surface area contributed by atoms with Gasteiger partial charge in [0.2, 0.25) is 0 Å². The lowest BCUT2D eigenvalue weighted by atomic mass is 9.99. The Hall–Kier alpha value is -1.61. The van der Waals surface area contributed by atoms with Gasteiger partial charge in [-0.3, -0.25) is 4.79 Å². The second kappa shape index (κ2) is 6.90. The Labute approximate surface area is 134 Å². The number of ether oxygens (including phenoxy) is 1. The van der Waals surface area contributed by atoms with Gasteiger partial charge in [0.1, 0.15) is 11.5 Å². The molecule has 0 N–H and O–H groups in total. The maximum absolute atomic E-state index is 12.3. The number of benzene rings is 2. The van der Waals surface area contributed by atoms with Crippen molar-refractivity contribution in [1.29, 1.82) is 0 Å². The summed E-state index contributed by atoms with van der Waals surface area (Å²) in [4.78, 5) is 12.3. The highest BCUT2D eigenvalue weighted by Gasteiger charge is 2.10. The molecule has 0 radical (unpaired) electrons. The van der Waals surface area contributed by atoms with Gasteiger partial charge in [-0.15, -0.1) is 0 Å². The molecule has 0 amide bonds. The number of Topliss-reactive ketones (excluding diaryl/α,β-unsaturated/α-hetero) is 1. The minimum atomic E-state index is 0.189. The third-order valence-electron chi connectivity index (χ3n) is 3.60. The van der Waals surface area contributed by atoms with Gasteiger partial charge in [0.05, 0.1) is 7.11 Å². The Balaban J connectivity index is 2.11. The van der Waals surface area contributed by atoms with Crippen LogP contribution >= 0.6 is 15.9 Å². The summed E-state index contributed by atoms with van der Waals surface area (Å²) in [6.07, 6.45) is 0.840. The molecule has 0 saturated heterocycles. The number of halogens is 1. The fourth-order valence-corrected chi connectivity index (χ4v) is 2.71. The number of hydrogen-bond donors (Lipinski definition) is 0. The van der Waals surface area contributed by atoms with Crippen LogP contribution in [0.1, 0.15) is 22.3 Å². The van der Waals surface area contributed by atoms with Crippen LogP contribution in [0.2, 0.25) is 0 Å². The molecule has 0 spiro atoms. The van der Waals surface area contributed by atoms with Gasteiger partial charge in [-0.1, -0.05) is 34.1 Å². The zero-order valence-electron chi connectivity index (χ0n) is 12.6. The van der Waals surface area contributed by atoms with E-state index in [1.54, 1.807) is 7.11 Å². The summed E-state index contributed by atoms with van der Waals surface area (Å²) in [5, 5.41) is 0. The molecule has 0 bridgehead atoms. The summed E-state index contributed by atoms with van der Waals surface area (Å²) >= 11 is 3.43. The average Bonchev–Trinajstić information content (AvgIpc) is 2.43. The smallest absolute Gasteiger partial charge is 0.141 e. The third kappa shape index (κ3) is 4.18. The van der Waals surface area contributed by atoms with E-state index in [1.807, 2.05) is 24.3 Å². The molecular formula is C18H19BrO2. The average molecular weight is 347 g/mol. The van der Waals surface area contributed by atoms with Crippen LogP contribution < -0.4 is 4.74 Å². The molecule has 0 aliphatic heterocycles. The van der Waals surface area contributed by atoms with Crippen molar-refractivity contribution in [1.82, 2.24) is 0 Å². The Bertz CT molecular complexity index is 662. The molecule has 2 nitrogen and oxygen atoms in total. The van der Waals surface area contributed by atoms with Gasteiger partial charge < -0.3 is 4.74 Å². The van der Waals surface area contributed by atoms with Crippen LogP contribution in [0.15, 0.2) is 40.9 Å². The SMILES string of the molecule is COc1ccc(Br)cc1CC(=O)Cc1ccc(C)c(C)c1. The minimum Gasteiger partial charge on any atom is -0.496 e. The second-order valence-corrected chi connectivity index (χ2v) is 6.18. The molecule has 0 unspecified atom stereocenters. The van der Waals surface area contributed by atoms with Gasteiger partial charge in [-0.05, 0) is 48.7 Å². The topological polar surface area (TPSA) is 26.3 Å². The van der Waals surface area contributed by atoms with Crippen LogP contribution in [0.5, 0.6) is 5.75 Å². The van der Waals surface area contributed by atoms with Crippen LogP contribution in [-0.4, -0.2) is 12.9 Å². The molecule has 2 aromatic rings. The van der Waals surface area contributed by atoms with E-state index in [0.29, 0.717) is 12.8 Å². The van der Waals surface area contributed by atoms with E-state index in [9.17, 15) is 4.79 Å². The van der Waals surface area contributed by atoms with E-state index < -0.39 is 0 Å². The molecule has 3 heteroatoms. The summed E-state index contributed by atoms with van der Waals surface area (Å²) in [7, 11) is 1.63. The van der Waals surface area contributed by atoms with Crippen LogP contribution in [-0.2, 0) is 17.6 Å². The molecule has 0 aliphatic rings. The fourth-order valence-electron chi connectivity index (χ4n) is 2.30. The van der Waals surface area contributed by atoms with E-state index in [1.165, 1.54) is 11.1 Å². The van der Waals surface area contributed by atoms with Crippen molar-refractivity contribution in [3.05, 3.63) is 63.1 Å². The molecule has 0 heterocycles. The fraction of sp³-hybridized carbons (Fsp3) is 0.278. The number of hydrogen-bond acceptors (Lipinski definition) is 2. The van der Waals surface area contributed by atoms with E-state index in [-0.39, 0.29) is 5.78 Å². The van der Waals surface area contributed by atoms with Crippen LogP contribution in [0.4, 0.5) is 0 Å². The van der Waals surface area contributed by atoms with Gasteiger partial charge in [0, 0.05) is 22.9 Å². The quantitative estimate of drug-likeness (QED) is 0.800. The van der Waals surface area contributed by atoms with Crippen molar-refractivity contribution in [2.24, 2.45) is 0 Å². The standard InChI is InChI=1S/C18H19BrO2/c1-12-4-5-14(8-13(12)2)9-17(20)11-15-10-16(19)6-7-18(15)21-3/h4-8,10H,9,11H2,1-3H3. The second-order valence-electron chi connectivity index (χ2n) is 5.27. The van der Waals surface area contributed by atoms with Crippen LogP contribution in [0.3, 0.4) is 0 Å². The lowest BCUT2D eigenvalue weighted by Gasteiger charge is -2.09. The molecule has 2 rings (SSSR count). The lowest BCUT2D eigenvalue weighted by molar-refractivity contribution is -0.117. The van der Waals surface area contributed by atoms with E-state index in [2.05, 4.69) is 41.9 Å². The lowest BCUT2D eigenvalue weighted by Crippen LogP contribution is -2.08. The Kier molecular flexibility index (Phi) is 5.18. The van der Waals surface area contributed by atoms with E-state index in [4.69, 9.17) is 4.74 Å². The summed E-state index contributed by atoms with van der Waals surface area (Å²) in [6.45, 7) is 4.15. The molecule has 0 aliphatic carbocycles. The van der Waals surface area contributed by atoms with Gasteiger partial charge in [-0.2, -0.15) is 0 Å². The van der Waals surface area contributed by atoms with Crippen molar-refractivity contribution in [3.63, 3.8) is 0 Å². The predicted octanol–water partition coefficient (Wildman–Crippen LogP) is 4.43. The molecule has 0 atom stereocenters. The highest BCUT2D eigenvalue weighted by atomic mass is 79.9. The predicted molar refractivity (Wildman–Crippen MR) is 89.0 cm³/mol. The van der Waals surface area contributed by atoms with Gasteiger partial charge >= 0.3 is 0 Å². The van der Waals surface area contributed by atoms with Crippen molar-refractivity contribution in [3.8, 4) is 5.75 Å². The van der Waals surface area contributed by atoms with Crippen LogP contribution in [0, 0.1) is 13.8 Å². The molecule has 2 aromatic carbocycles. The summed E-state index contributed by atoms with van der Waals surface area (Å²) in [6, 6.07) is 11.9. The summed E-state index contributed by atoms with van der Waals surface area (Å²) < 4.78 is 6.27. The zero-order chi connectivity index (χ0) is 15.4. The van der Waals surface area contributed by atoms with Gasteiger partial charge in [0.15, 0.2) is 0 Å². The Morgan fingerprint density at radius 2 is 1.81 bits per heavy atom. The number of ketones is 1. The first-order valence-electron chi connectivity index (χ1n) is 6.90. The third-order valence-corrected chi connectivity index (χ3v) is 4.10. The number of aryl methyl sites for hydroxylation is 2. The van der Waals surface area contributed by atoms with Crippen molar-refractivity contribution in [2.45, 2.75) is 26.7 Å². The first-order valence-corrected chi connectivity index (χ1v) is 7.69. The normalized spacial score (nSPS) is 10.5. The molecule has 21 heavy (non-hydrogen) atoms. The molecule has 0 saturated carbocycles. The van der Waals surface area contributed by atoms with E-state index >= 15 is 0 Å². The van der Waals surface area contributed by atoms with E-state index in [0.717, 1.165) is 21.3 Å².